The van der Waals surface area contributed by atoms with Gasteiger partial charge in [0.2, 0.25) is 0 Å². The van der Waals surface area contributed by atoms with Crippen LogP contribution in [-0.2, 0) is 16.0 Å². The summed E-state index contributed by atoms with van der Waals surface area (Å²) in [4.78, 5) is 11.6. The summed E-state index contributed by atoms with van der Waals surface area (Å²) in [5.74, 6) is 1.37. The van der Waals surface area contributed by atoms with Crippen LogP contribution < -0.4 is 9.47 Å². The average Bonchev–Trinajstić information content (AvgIpc) is 2.60. The number of aryl methyl sites for hydroxylation is 1. The van der Waals surface area contributed by atoms with Gasteiger partial charge in [-0.25, -0.2) is 0 Å². The summed E-state index contributed by atoms with van der Waals surface area (Å²) >= 11 is 0. The van der Waals surface area contributed by atoms with Crippen LogP contribution in [0.15, 0.2) is 18.2 Å². The van der Waals surface area contributed by atoms with Gasteiger partial charge in [0.15, 0.2) is 0 Å². The zero-order chi connectivity index (χ0) is 18.7. The Morgan fingerprint density at radius 1 is 1.08 bits per heavy atom. The fourth-order valence-electron chi connectivity index (χ4n) is 2.62. The Kier molecular flexibility index (Phi) is 9.75. The Labute approximate surface area is 152 Å². The van der Waals surface area contributed by atoms with E-state index in [0.29, 0.717) is 6.42 Å². The van der Waals surface area contributed by atoms with Gasteiger partial charge < -0.3 is 14.2 Å². The van der Waals surface area contributed by atoms with Crippen molar-refractivity contribution >= 4 is 12.0 Å². The molecule has 0 aromatic heterocycles. The lowest BCUT2D eigenvalue weighted by Gasteiger charge is -2.14. The van der Waals surface area contributed by atoms with E-state index < -0.39 is 0 Å². The third-order valence-corrected chi connectivity index (χ3v) is 3.98. The van der Waals surface area contributed by atoms with Crippen LogP contribution in [0.4, 0.5) is 0 Å². The second-order valence-electron chi connectivity index (χ2n) is 6.18. The molecule has 0 bridgehead atoms. The highest BCUT2D eigenvalue weighted by atomic mass is 16.5. The summed E-state index contributed by atoms with van der Waals surface area (Å²) < 4.78 is 16.4. The molecule has 140 valence electrons. The number of ether oxygens (including phenoxy) is 3. The number of esters is 1. The minimum atomic E-state index is -0.294. The Balaban J connectivity index is 2.93. The van der Waals surface area contributed by atoms with Gasteiger partial charge in [0.1, 0.15) is 17.6 Å². The molecular weight excluding hydrogens is 316 g/mol. The summed E-state index contributed by atoms with van der Waals surface area (Å²) in [5, 5.41) is 0. The zero-order valence-corrected chi connectivity index (χ0v) is 16.3. The lowest BCUT2D eigenvalue weighted by Crippen LogP contribution is -2.11. The standard InChI is InChI=1S/C21H32O4/c1-6-8-9-11-17-14-19(23-4)18(20(15-17)24-5)13-12-16(3)25-21(22)10-7-2/h12-16H,6-11H2,1-5H3/b13-12+/t16-/m0/s1. The molecule has 4 heteroatoms. The van der Waals surface area contributed by atoms with Crippen molar-refractivity contribution < 1.29 is 19.0 Å². The smallest absolute Gasteiger partial charge is 0.306 e. The summed E-state index contributed by atoms with van der Waals surface area (Å²) in [7, 11) is 3.32. The molecule has 0 unspecified atom stereocenters. The highest BCUT2D eigenvalue weighted by Gasteiger charge is 2.12. The molecule has 0 spiro atoms. The monoisotopic (exact) mass is 348 g/mol. The van der Waals surface area contributed by atoms with Gasteiger partial charge in [0, 0.05) is 6.42 Å². The summed E-state index contributed by atoms with van der Waals surface area (Å²) in [6.07, 6.45) is 9.27. The highest BCUT2D eigenvalue weighted by Crippen LogP contribution is 2.32. The molecule has 1 rings (SSSR count). The highest BCUT2D eigenvalue weighted by molar-refractivity contribution is 5.70. The maximum atomic E-state index is 11.6. The molecule has 0 fully saturated rings. The van der Waals surface area contributed by atoms with Crippen LogP contribution >= 0.6 is 0 Å². The van der Waals surface area contributed by atoms with Crippen LogP contribution in [0.2, 0.25) is 0 Å². The Morgan fingerprint density at radius 3 is 2.24 bits per heavy atom. The molecule has 0 aliphatic carbocycles. The molecule has 1 aromatic rings. The van der Waals surface area contributed by atoms with Gasteiger partial charge in [-0.2, -0.15) is 0 Å². The number of carbonyl (C=O) groups is 1. The third-order valence-electron chi connectivity index (χ3n) is 3.98. The lowest BCUT2D eigenvalue weighted by molar-refractivity contribution is -0.146. The van der Waals surface area contributed by atoms with Crippen molar-refractivity contribution in [2.75, 3.05) is 14.2 Å². The van der Waals surface area contributed by atoms with Gasteiger partial charge in [-0.15, -0.1) is 0 Å². The first-order chi connectivity index (χ1) is 12.0. The molecule has 0 radical (unpaired) electrons. The molecule has 0 saturated carbocycles. The van der Waals surface area contributed by atoms with Crippen LogP contribution in [0.25, 0.3) is 6.08 Å². The molecule has 1 aromatic carbocycles. The molecule has 4 nitrogen and oxygen atoms in total. The van der Waals surface area contributed by atoms with Crippen molar-refractivity contribution in [3.05, 3.63) is 29.3 Å². The minimum Gasteiger partial charge on any atom is -0.496 e. The van der Waals surface area contributed by atoms with E-state index in [1.807, 2.05) is 26.0 Å². The van der Waals surface area contributed by atoms with E-state index in [2.05, 4.69) is 19.1 Å². The molecule has 25 heavy (non-hydrogen) atoms. The van der Waals surface area contributed by atoms with Crippen molar-refractivity contribution in [3.8, 4) is 11.5 Å². The maximum absolute atomic E-state index is 11.6. The Hall–Kier alpha value is -1.97. The van der Waals surface area contributed by atoms with E-state index in [1.165, 1.54) is 18.4 Å². The molecule has 0 N–H and O–H groups in total. The van der Waals surface area contributed by atoms with Gasteiger partial charge in [-0.05, 0) is 56.0 Å². The zero-order valence-electron chi connectivity index (χ0n) is 16.3. The molecule has 0 aliphatic rings. The van der Waals surface area contributed by atoms with Crippen molar-refractivity contribution in [1.82, 2.24) is 0 Å². The number of hydrogen-bond donors (Lipinski definition) is 0. The fourth-order valence-corrected chi connectivity index (χ4v) is 2.62. The van der Waals surface area contributed by atoms with Gasteiger partial charge in [0.05, 0.1) is 19.8 Å². The first kappa shape index (κ1) is 21.1. The van der Waals surface area contributed by atoms with E-state index in [0.717, 1.165) is 36.3 Å². The topological polar surface area (TPSA) is 44.8 Å². The average molecular weight is 348 g/mol. The number of benzene rings is 1. The van der Waals surface area contributed by atoms with Crippen LogP contribution in [0.3, 0.4) is 0 Å². The number of rotatable bonds is 11. The van der Waals surface area contributed by atoms with Crippen LogP contribution in [0.5, 0.6) is 11.5 Å². The van der Waals surface area contributed by atoms with Gasteiger partial charge in [-0.1, -0.05) is 26.7 Å². The summed E-state index contributed by atoms with van der Waals surface area (Å²) in [5.41, 5.74) is 2.07. The van der Waals surface area contributed by atoms with Crippen LogP contribution in [0.1, 0.15) is 64.0 Å². The third kappa shape index (κ3) is 7.20. The van der Waals surface area contributed by atoms with E-state index in [4.69, 9.17) is 14.2 Å². The number of hydrogen-bond acceptors (Lipinski definition) is 4. The SMILES string of the molecule is CCCCCc1cc(OC)c(/C=C/[C@H](C)OC(=O)CCC)c(OC)c1. The lowest BCUT2D eigenvalue weighted by atomic mass is 10.0. The Bertz CT molecular complexity index is 538. The van der Waals surface area contributed by atoms with E-state index in [9.17, 15) is 4.79 Å². The van der Waals surface area contributed by atoms with E-state index in [1.54, 1.807) is 14.2 Å². The van der Waals surface area contributed by atoms with Crippen LogP contribution in [0, 0.1) is 0 Å². The van der Waals surface area contributed by atoms with Gasteiger partial charge >= 0.3 is 5.97 Å². The Morgan fingerprint density at radius 2 is 1.72 bits per heavy atom. The first-order valence-electron chi connectivity index (χ1n) is 9.18. The number of carbonyl (C=O) groups excluding carboxylic acids is 1. The van der Waals surface area contributed by atoms with Gasteiger partial charge in [-0.3, -0.25) is 4.79 Å². The second-order valence-corrected chi connectivity index (χ2v) is 6.18. The van der Waals surface area contributed by atoms with E-state index >= 15 is 0 Å². The maximum Gasteiger partial charge on any atom is 0.306 e. The summed E-state index contributed by atoms with van der Waals surface area (Å²) in [6.45, 7) is 6.01. The van der Waals surface area contributed by atoms with Crippen molar-refractivity contribution in [2.45, 2.75) is 65.4 Å². The van der Waals surface area contributed by atoms with Gasteiger partial charge in [0.25, 0.3) is 0 Å². The fraction of sp³-hybridized carbons (Fsp3) is 0.571. The number of methoxy groups -OCH3 is 2. The van der Waals surface area contributed by atoms with E-state index in [-0.39, 0.29) is 12.1 Å². The quantitative estimate of drug-likeness (QED) is 0.408. The molecule has 0 amide bonds. The molecule has 0 heterocycles. The normalized spacial score (nSPS) is 12.2. The molecule has 0 saturated heterocycles. The minimum absolute atomic E-state index is 0.176. The van der Waals surface area contributed by atoms with Crippen molar-refractivity contribution in [3.63, 3.8) is 0 Å². The predicted molar refractivity (Wildman–Crippen MR) is 102 cm³/mol. The molecule has 0 aliphatic heterocycles. The summed E-state index contributed by atoms with van der Waals surface area (Å²) in [6, 6.07) is 4.12. The number of unbranched alkanes of at least 4 members (excludes halogenated alkanes) is 2. The molecular formula is C21H32O4. The van der Waals surface area contributed by atoms with Crippen molar-refractivity contribution in [2.24, 2.45) is 0 Å². The second kappa shape index (κ2) is 11.6. The van der Waals surface area contributed by atoms with Crippen molar-refractivity contribution in [1.29, 1.82) is 0 Å². The van der Waals surface area contributed by atoms with Crippen LogP contribution in [-0.4, -0.2) is 26.3 Å². The predicted octanol–water partition coefficient (Wildman–Crippen LogP) is 5.18. The first-order valence-corrected chi connectivity index (χ1v) is 9.18. The largest absolute Gasteiger partial charge is 0.496 e. The molecule has 1 atom stereocenters.